The molecule has 0 saturated heterocycles. The topological polar surface area (TPSA) is 80.1 Å². The molecule has 0 saturated carbocycles. The minimum atomic E-state index is -0.180. The number of hydrogen-bond acceptors (Lipinski definition) is 6. The van der Waals surface area contributed by atoms with Crippen LogP contribution in [0.15, 0.2) is 46.2 Å². The molecule has 0 unspecified atom stereocenters. The van der Waals surface area contributed by atoms with E-state index in [9.17, 15) is 9.59 Å². The van der Waals surface area contributed by atoms with Crippen molar-refractivity contribution in [2.24, 2.45) is 16.0 Å². The summed E-state index contributed by atoms with van der Waals surface area (Å²) in [6, 6.07) is 3.12. The van der Waals surface area contributed by atoms with Gasteiger partial charge in [-0.1, -0.05) is 43.6 Å². The van der Waals surface area contributed by atoms with Gasteiger partial charge in [-0.25, -0.2) is 4.99 Å². The maximum atomic E-state index is 12.2. The lowest BCUT2D eigenvalue weighted by Crippen LogP contribution is -2.27. The molecule has 2 aliphatic heterocycles. The van der Waals surface area contributed by atoms with Gasteiger partial charge in [-0.3, -0.25) is 15.0 Å². The van der Waals surface area contributed by atoms with Crippen LogP contribution < -0.4 is 10.2 Å². The Labute approximate surface area is 173 Å². The van der Waals surface area contributed by atoms with Crippen LogP contribution in [0, 0.1) is 5.92 Å². The van der Waals surface area contributed by atoms with Crippen molar-refractivity contribution in [3.63, 3.8) is 0 Å². The van der Waals surface area contributed by atoms with E-state index >= 15 is 0 Å². The Morgan fingerprint density at radius 1 is 1.25 bits per heavy atom. The van der Waals surface area contributed by atoms with E-state index in [0.717, 1.165) is 6.42 Å². The molecule has 0 bridgehead atoms. The average molecular weight is 420 g/mol. The fourth-order valence-electron chi connectivity index (χ4n) is 2.84. The summed E-state index contributed by atoms with van der Waals surface area (Å²) in [5.41, 5.74) is 4.60. The molecule has 0 amide bonds. The predicted octanol–water partition coefficient (Wildman–Crippen LogP) is 4.11. The van der Waals surface area contributed by atoms with E-state index in [1.54, 1.807) is 18.2 Å². The summed E-state index contributed by atoms with van der Waals surface area (Å²) in [4.78, 5) is 28.4. The second kappa shape index (κ2) is 8.29. The SMILES string of the molecule is C=C1CC(=O)C(c2cc(Cl)c(OC3=NCC(=O)C([C@H](C)CC)=C3)c(Cl)c2)=NN1. The van der Waals surface area contributed by atoms with Crippen molar-refractivity contribution in [1.82, 2.24) is 5.43 Å². The Morgan fingerprint density at radius 2 is 1.93 bits per heavy atom. The van der Waals surface area contributed by atoms with Crippen molar-refractivity contribution in [2.45, 2.75) is 26.7 Å². The number of ketones is 2. The highest BCUT2D eigenvalue weighted by Gasteiger charge is 2.24. The van der Waals surface area contributed by atoms with E-state index in [2.05, 4.69) is 22.1 Å². The molecule has 0 radical (unpaired) electrons. The molecule has 2 aliphatic rings. The minimum absolute atomic E-state index is 0.0165. The molecular formula is C20H19Cl2N3O3. The Morgan fingerprint density at radius 3 is 2.54 bits per heavy atom. The van der Waals surface area contributed by atoms with Crippen molar-refractivity contribution in [3.05, 3.63) is 51.7 Å². The van der Waals surface area contributed by atoms with Gasteiger partial charge in [0.1, 0.15) is 12.3 Å². The first-order valence-electron chi connectivity index (χ1n) is 8.81. The molecule has 146 valence electrons. The van der Waals surface area contributed by atoms with Crippen LogP contribution in [0.5, 0.6) is 5.75 Å². The zero-order chi connectivity index (χ0) is 20.4. The van der Waals surface area contributed by atoms with Crippen molar-refractivity contribution in [2.75, 3.05) is 6.54 Å². The maximum absolute atomic E-state index is 12.2. The molecule has 0 aromatic heterocycles. The molecular weight excluding hydrogens is 401 g/mol. The van der Waals surface area contributed by atoms with Crippen LogP contribution in [0.3, 0.4) is 0 Å². The fraction of sp³-hybridized carbons (Fsp3) is 0.300. The summed E-state index contributed by atoms with van der Waals surface area (Å²) in [5.74, 6) is 0.391. The van der Waals surface area contributed by atoms with E-state index in [-0.39, 0.29) is 57.9 Å². The number of benzene rings is 1. The Bertz CT molecular complexity index is 940. The lowest BCUT2D eigenvalue weighted by molar-refractivity contribution is -0.115. The summed E-state index contributed by atoms with van der Waals surface area (Å²) in [6.07, 6.45) is 2.61. The molecule has 28 heavy (non-hydrogen) atoms. The lowest BCUT2D eigenvalue weighted by Gasteiger charge is -2.19. The van der Waals surface area contributed by atoms with E-state index < -0.39 is 0 Å². The number of halogens is 2. The van der Waals surface area contributed by atoms with Crippen molar-refractivity contribution in [1.29, 1.82) is 0 Å². The maximum Gasteiger partial charge on any atom is 0.215 e. The third-order valence-electron chi connectivity index (χ3n) is 4.56. The van der Waals surface area contributed by atoms with E-state index in [4.69, 9.17) is 27.9 Å². The Hall–Kier alpha value is -2.44. The van der Waals surface area contributed by atoms with Gasteiger partial charge in [-0.2, -0.15) is 5.10 Å². The molecule has 8 heteroatoms. The van der Waals surface area contributed by atoms with Gasteiger partial charge in [-0.05, 0) is 24.5 Å². The van der Waals surface area contributed by atoms with Crippen LogP contribution >= 0.6 is 23.2 Å². The largest absolute Gasteiger partial charge is 0.436 e. The standard InChI is InChI=1S/C20H19Cl2N3O3/c1-4-10(2)13-8-18(23-9-17(13)27)28-20-14(21)6-12(7-15(20)22)19-16(26)5-11(3)24-25-19/h6-8,10,24H,3-5,9H2,1-2H3/t10-/m1/s1. The number of nitrogens with zero attached hydrogens (tertiary/aromatic N) is 2. The molecule has 1 atom stereocenters. The molecule has 3 rings (SSSR count). The van der Waals surface area contributed by atoms with E-state index in [1.165, 1.54) is 0 Å². The lowest BCUT2D eigenvalue weighted by atomic mass is 9.93. The predicted molar refractivity (Wildman–Crippen MR) is 110 cm³/mol. The Balaban J connectivity index is 1.88. The molecule has 0 aliphatic carbocycles. The molecule has 1 aromatic rings. The number of carbonyl (C=O) groups excluding carboxylic acids is 2. The van der Waals surface area contributed by atoms with Crippen LogP contribution in [0.4, 0.5) is 0 Å². The highest BCUT2D eigenvalue weighted by Crippen LogP contribution is 2.35. The Kier molecular flexibility index (Phi) is 6.01. The average Bonchev–Trinajstić information content (AvgIpc) is 2.65. The van der Waals surface area contributed by atoms with Crippen LogP contribution in [0.25, 0.3) is 0 Å². The number of hydrogen-bond donors (Lipinski definition) is 1. The zero-order valence-corrected chi connectivity index (χ0v) is 17.0. The summed E-state index contributed by atoms with van der Waals surface area (Å²) in [6.45, 7) is 7.70. The summed E-state index contributed by atoms with van der Waals surface area (Å²) >= 11 is 12.7. The van der Waals surface area contributed by atoms with Crippen molar-refractivity contribution < 1.29 is 14.3 Å². The van der Waals surface area contributed by atoms with Gasteiger partial charge in [0.05, 0.1) is 16.5 Å². The van der Waals surface area contributed by atoms with Crippen LogP contribution in [0.1, 0.15) is 32.3 Å². The third-order valence-corrected chi connectivity index (χ3v) is 5.13. The van der Waals surface area contributed by atoms with Gasteiger partial charge in [0.15, 0.2) is 17.3 Å². The van der Waals surface area contributed by atoms with Gasteiger partial charge in [-0.15, -0.1) is 0 Å². The van der Waals surface area contributed by atoms with Gasteiger partial charge in [0, 0.05) is 22.9 Å². The number of dihydropyridines is 1. The monoisotopic (exact) mass is 419 g/mol. The summed E-state index contributed by atoms with van der Waals surface area (Å²) in [7, 11) is 0. The number of Topliss-reactive ketones (excluding diaryl/α,β-unsaturated/α-hetero) is 2. The van der Waals surface area contributed by atoms with Crippen LogP contribution in [-0.2, 0) is 9.59 Å². The van der Waals surface area contributed by atoms with Gasteiger partial charge >= 0.3 is 0 Å². The number of hydrazone groups is 1. The van der Waals surface area contributed by atoms with Crippen LogP contribution in [0.2, 0.25) is 10.0 Å². The highest BCUT2D eigenvalue weighted by molar-refractivity contribution is 6.48. The fourth-order valence-corrected chi connectivity index (χ4v) is 3.40. The number of ether oxygens (including phenoxy) is 1. The molecule has 1 aromatic carbocycles. The van der Waals surface area contributed by atoms with Crippen molar-refractivity contribution in [3.8, 4) is 5.75 Å². The van der Waals surface area contributed by atoms with E-state index in [1.807, 2.05) is 13.8 Å². The first kappa shape index (κ1) is 20.3. The number of aliphatic imine (C=N–C) groups is 1. The number of nitrogens with one attached hydrogen (secondary N) is 1. The minimum Gasteiger partial charge on any atom is -0.436 e. The van der Waals surface area contributed by atoms with Crippen LogP contribution in [-0.4, -0.2) is 29.7 Å². The second-order valence-corrected chi connectivity index (χ2v) is 7.45. The van der Waals surface area contributed by atoms with E-state index in [0.29, 0.717) is 16.8 Å². The molecule has 2 heterocycles. The highest BCUT2D eigenvalue weighted by atomic mass is 35.5. The van der Waals surface area contributed by atoms with Gasteiger partial charge < -0.3 is 4.74 Å². The summed E-state index contributed by atoms with van der Waals surface area (Å²) < 4.78 is 5.78. The second-order valence-electron chi connectivity index (χ2n) is 6.63. The third kappa shape index (κ3) is 4.18. The molecule has 0 spiro atoms. The van der Waals surface area contributed by atoms with Crippen molar-refractivity contribution >= 4 is 46.4 Å². The number of carbonyl (C=O) groups is 2. The normalized spacial score (nSPS) is 18.1. The van der Waals surface area contributed by atoms with Gasteiger partial charge in [0.25, 0.3) is 0 Å². The zero-order valence-electron chi connectivity index (χ0n) is 15.5. The van der Waals surface area contributed by atoms with Gasteiger partial charge in [0.2, 0.25) is 5.90 Å². The quantitative estimate of drug-likeness (QED) is 0.795. The first-order valence-corrected chi connectivity index (χ1v) is 9.57. The number of rotatable bonds is 4. The molecule has 6 nitrogen and oxygen atoms in total. The first-order chi connectivity index (χ1) is 13.3. The molecule has 1 N–H and O–H groups in total. The smallest absolute Gasteiger partial charge is 0.215 e. The number of allylic oxidation sites excluding steroid dienone is 1. The summed E-state index contributed by atoms with van der Waals surface area (Å²) in [5, 5.41) is 4.44. The molecule has 0 fully saturated rings.